The first kappa shape index (κ1) is 10.0. The Morgan fingerprint density at radius 3 is 2.83 bits per heavy atom. The number of hydrogen-bond acceptors (Lipinski definition) is 2. The molecule has 1 unspecified atom stereocenters. The maximum Gasteiger partial charge on any atom is 0.0695 e. The van der Waals surface area contributed by atoms with Crippen LogP contribution in [0, 0.1) is 0 Å². The van der Waals surface area contributed by atoms with Gasteiger partial charge in [0.2, 0.25) is 0 Å². The zero-order valence-corrected chi connectivity index (χ0v) is 8.29. The molecular weight excluding hydrogens is 150 g/mol. The van der Waals surface area contributed by atoms with Gasteiger partial charge in [-0.2, -0.15) is 0 Å². The van der Waals surface area contributed by atoms with E-state index in [1.807, 2.05) is 0 Å². The summed E-state index contributed by atoms with van der Waals surface area (Å²) < 4.78 is 0. The van der Waals surface area contributed by atoms with Gasteiger partial charge >= 0.3 is 0 Å². The minimum atomic E-state index is -0.0857. The summed E-state index contributed by atoms with van der Waals surface area (Å²) in [6, 6.07) is 0.441. The van der Waals surface area contributed by atoms with Gasteiger partial charge in [0.15, 0.2) is 0 Å². The molecule has 2 heteroatoms. The van der Waals surface area contributed by atoms with Gasteiger partial charge in [0.05, 0.1) is 6.10 Å². The molecule has 0 aromatic heterocycles. The molecule has 1 fully saturated rings. The highest BCUT2D eigenvalue weighted by atomic mass is 16.3. The molecule has 2 nitrogen and oxygen atoms in total. The maximum absolute atomic E-state index is 9.81. The molecule has 0 aromatic carbocycles. The van der Waals surface area contributed by atoms with Crippen LogP contribution in [-0.4, -0.2) is 35.7 Å². The Bertz CT molecular complexity index is 127. The predicted octanol–water partition coefficient (Wildman–Crippen LogP) is 1.63. The molecule has 12 heavy (non-hydrogen) atoms. The summed E-state index contributed by atoms with van der Waals surface area (Å²) in [5, 5.41) is 9.81. The fourth-order valence-corrected chi connectivity index (χ4v) is 2.03. The van der Waals surface area contributed by atoms with Gasteiger partial charge in [-0.15, -0.1) is 0 Å². The van der Waals surface area contributed by atoms with E-state index >= 15 is 0 Å². The number of likely N-dealkylation sites (N-methyl/N-ethyl adjacent to an activating group) is 1. The molecular formula is C10H21NO. The van der Waals surface area contributed by atoms with Crippen molar-refractivity contribution in [3.05, 3.63) is 0 Å². The second-order valence-corrected chi connectivity index (χ2v) is 3.90. The van der Waals surface area contributed by atoms with E-state index in [-0.39, 0.29) is 6.10 Å². The second kappa shape index (κ2) is 4.83. The number of nitrogens with zero attached hydrogens (tertiary/aromatic N) is 1. The second-order valence-electron chi connectivity index (χ2n) is 3.90. The number of aliphatic hydroxyl groups is 1. The molecule has 72 valence electrons. The lowest BCUT2D eigenvalue weighted by molar-refractivity contribution is 0.0767. The first-order valence-corrected chi connectivity index (χ1v) is 5.14. The Hall–Kier alpha value is -0.0800. The summed E-state index contributed by atoms with van der Waals surface area (Å²) in [4.78, 5) is 2.29. The van der Waals surface area contributed by atoms with Crippen molar-refractivity contribution < 1.29 is 5.11 Å². The van der Waals surface area contributed by atoms with Crippen LogP contribution in [0.15, 0.2) is 0 Å². The molecule has 0 aliphatic carbocycles. The van der Waals surface area contributed by atoms with E-state index in [0.717, 1.165) is 19.4 Å². The van der Waals surface area contributed by atoms with Crippen molar-refractivity contribution in [1.82, 2.24) is 4.90 Å². The molecule has 1 saturated heterocycles. The van der Waals surface area contributed by atoms with Crippen LogP contribution in [0.4, 0.5) is 0 Å². The normalized spacial score (nSPS) is 27.8. The molecule has 0 radical (unpaired) electrons. The standard InChI is InChI=1S/C10H21NO/c1-3-4-7-10(12)9-6-5-8-11(9)2/h9-10,12H,3-8H2,1-2H3/t9-,10?/m0/s1. The zero-order chi connectivity index (χ0) is 8.97. The third-order valence-corrected chi connectivity index (χ3v) is 2.87. The number of likely N-dealkylation sites (tertiary alicyclic amines) is 1. The fraction of sp³-hybridized carbons (Fsp3) is 1.00. The van der Waals surface area contributed by atoms with Gasteiger partial charge in [0, 0.05) is 6.04 Å². The predicted molar refractivity (Wildman–Crippen MR) is 51.2 cm³/mol. The quantitative estimate of drug-likeness (QED) is 0.695. The summed E-state index contributed by atoms with van der Waals surface area (Å²) in [6.45, 7) is 3.33. The monoisotopic (exact) mass is 171 g/mol. The van der Waals surface area contributed by atoms with Gasteiger partial charge in [0.25, 0.3) is 0 Å². The van der Waals surface area contributed by atoms with E-state index in [1.165, 1.54) is 19.3 Å². The Morgan fingerprint density at radius 1 is 1.58 bits per heavy atom. The third-order valence-electron chi connectivity index (χ3n) is 2.87. The van der Waals surface area contributed by atoms with E-state index in [2.05, 4.69) is 18.9 Å². The third kappa shape index (κ3) is 2.46. The van der Waals surface area contributed by atoms with Crippen LogP contribution in [-0.2, 0) is 0 Å². The smallest absolute Gasteiger partial charge is 0.0695 e. The first-order valence-electron chi connectivity index (χ1n) is 5.14. The van der Waals surface area contributed by atoms with Gasteiger partial charge in [-0.05, 0) is 32.9 Å². The van der Waals surface area contributed by atoms with Gasteiger partial charge in [-0.25, -0.2) is 0 Å². The van der Waals surface area contributed by atoms with Crippen molar-refractivity contribution in [2.45, 2.75) is 51.2 Å². The van der Waals surface area contributed by atoms with Crippen molar-refractivity contribution >= 4 is 0 Å². The molecule has 1 N–H and O–H groups in total. The molecule has 1 aliphatic heterocycles. The number of unbranched alkanes of at least 4 members (excludes halogenated alkanes) is 1. The van der Waals surface area contributed by atoms with Crippen LogP contribution in [0.25, 0.3) is 0 Å². The lowest BCUT2D eigenvalue weighted by Crippen LogP contribution is -2.36. The average Bonchev–Trinajstić information content (AvgIpc) is 2.47. The summed E-state index contributed by atoms with van der Waals surface area (Å²) in [5.41, 5.74) is 0. The number of hydrogen-bond donors (Lipinski definition) is 1. The molecule has 1 rings (SSSR count). The first-order chi connectivity index (χ1) is 5.75. The van der Waals surface area contributed by atoms with Crippen LogP contribution in [0.3, 0.4) is 0 Å². The number of aliphatic hydroxyl groups excluding tert-OH is 1. The molecule has 0 spiro atoms. The van der Waals surface area contributed by atoms with Crippen LogP contribution < -0.4 is 0 Å². The molecule has 1 aliphatic rings. The van der Waals surface area contributed by atoms with Crippen molar-refractivity contribution in [2.75, 3.05) is 13.6 Å². The van der Waals surface area contributed by atoms with Crippen LogP contribution >= 0.6 is 0 Å². The van der Waals surface area contributed by atoms with Gasteiger partial charge in [-0.3, -0.25) is 0 Å². The summed E-state index contributed by atoms with van der Waals surface area (Å²) in [5.74, 6) is 0. The molecule has 0 aromatic rings. The zero-order valence-electron chi connectivity index (χ0n) is 8.29. The fourth-order valence-electron chi connectivity index (χ4n) is 2.03. The Balaban J connectivity index is 2.25. The summed E-state index contributed by atoms with van der Waals surface area (Å²) in [6.07, 6.45) is 5.67. The molecule has 2 atom stereocenters. The van der Waals surface area contributed by atoms with Crippen molar-refractivity contribution in [3.63, 3.8) is 0 Å². The van der Waals surface area contributed by atoms with E-state index in [1.54, 1.807) is 0 Å². The molecule has 0 saturated carbocycles. The lowest BCUT2D eigenvalue weighted by Gasteiger charge is -2.24. The Labute approximate surface area is 75.6 Å². The molecule has 1 heterocycles. The highest BCUT2D eigenvalue weighted by Gasteiger charge is 2.26. The van der Waals surface area contributed by atoms with E-state index in [0.29, 0.717) is 6.04 Å². The van der Waals surface area contributed by atoms with Gasteiger partial charge in [-0.1, -0.05) is 19.8 Å². The van der Waals surface area contributed by atoms with Crippen LogP contribution in [0.5, 0.6) is 0 Å². The van der Waals surface area contributed by atoms with E-state index in [4.69, 9.17) is 0 Å². The lowest BCUT2D eigenvalue weighted by atomic mass is 10.0. The summed E-state index contributed by atoms with van der Waals surface area (Å²) in [7, 11) is 2.12. The SMILES string of the molecule is CCCCC(O)[C@@H]1CCCN1C. The van der Waals surface area contributed by atoms with Crippen molar-refractivity contribution in [2.24, 2.45) is 0 Å². The van der Waals surface area contributed by atoms with E-state index in [9.17, 15) is 5.11 Å². The minimum absolute atomic E-state index is 0.0857. The highest BCUT2D eigenvalue weighted by molar-refractivity contribution is 4.82. The van der Waals surface area contributed by atoms with Gasteiger partial charge in [0.1, 0.15) is 0 Å². The largest absolute Gasteiger partial charge is 0.391 e. The Morgan fingerprint density at radius 2 is 2.33 bits per heavy atom. The molecule has 0 amide bonds. The van der Waals surface area contributed by atoms with Crippen molar-refractivity contribution in [1.29, 1.82) is 0 Å². The highest BCUT2D eigenvalue weighted by Crippen LogP contribution is 2.20. The van der Waals surface area contributed by atoms with Crippen LogP contribution in [0.1, 0.15) is 39.0 Å². The maximum atomic E-state index is 9.81. The topological polar surface area (TPSA) is 23.5 Å². The average molecular weight is 171 g/mol. The van der Waals surface area contributed by atoms with Gasteiger partial charge < -0.3 is 10.0 Å². The van der Waals surface area contributed by atoms with E-state index < -0.39 is 0 Å². The summed E-state index contributed by atoms with van der Waals surface area (Å²) >= 11 is 0. The Kier molecular flexibility index (Phi) is 4.02. The van der Waals surface area contributed by atoms with Crippen LogP contribution in [0.2, 0.25) is 0 Å². The van der Waals surface area contributed by atoms with Crippen molar-refractivity contribution in [3.8, 4) is 0 Å². The number of rotatable bonds is 4. The molecule has 0 bridgehead atoms. The minimum Gasteiger partial charge on any atom is -0.391 e.